The van der Waals surface area contributed by atoms with Crippen LogP contribution in [0.2, 0.25) is 0 Å². The standard InChI is InChI=1S/C14H24N2O2/c1-2-18-12-5-10(6-12)7-13(17)16-8-14(15,9-16)11-3-4-11/h10-12H,2-9,15H2,1H3. The monoisotopic (exact) mass is 252 g/mol. The molecule has 0 aromatic carbocycles. The zero-order chi connectivity index (χ0) is 12.8. The number of hydrogen-bond donors (Lipinski definition) is 1. The van der Waals surface area contributed by atoms with E-state index in [0.717, 1.165) is 32.5 Å². The van der Waals surface area contributed by atoms with E-state index >= 15 is 0 Å². The number of nitrogens with zero attached hydrogens (tertiary/aromatic N) is 1. The average Bonchev–Trinajstić information content (AvgIpc) is 3.05. The molecule has 1 amide bonds. The van der Waals surface area contributed by atoms with Crippen LogP contribution in [-0.2, 0) is 9.53 Å². The first-order valence-electron chi connectivity index (χ1n) is 7.29. The SMILES string of the molecule is CCOC1CC(CC(=O)N2CC(N)(C3CC3)C2)C1. The molecule has 1 saturated heterocycles. The molecule has 3 rings (SSSR count). The summed E-state index contributed by atoms with van der Waals surface area (Å²) in [6.07, 6.45) is 5.75. The van der Waals surface area contributed by atoms with Crippen molar-refractivity contribution in [3.05, 3.63) is 0 Å². The van der Waals surface area contributed by atoms with Crippen molar-refractivity contribution in [2.75, 3.05) is 19.7 Å². The number of amides is 1. The highest BCUT2D eigenvalue weighted by atomic mass is 16.5. The van der Waals surface area contributed by atoms with Crippen molar-refractivity contribution < 1.29 is 9.53 Å². The summed E-state index contributed by atoms with van der Waals surface area (Å²) in [7, 11) is 0. The number of hydrogen-bond acceptors (Lipinski definition) is 3. The van der Waals surface area contributed by atoms with Gasteiger partial charge in [0.25, 0.3) is 0 Å². The summed E-state index contributed by atoms with van der Waals surface area (Å²) in [6.45, 7) is 4.39. The van der Waals surface area contributed by atoms with Gasteiger partial charge < -0.3 is 15.4 Å². The van der Waals surface area contributed by atoms with Crippen molar-refractivity contribution in [2.24, 2.45) is 17.6 Å². The van der Waals surface area contributed by atoms with Gasteiger partial charge in [-0.25, -0.2) is 0 Å². The Hall–Kier alpha value is -0.610. The van der Waals surface area contributed by atoms with Crippen molar-refractivity contribution in [2.45, 2.75) is 50.7 Å². The van der Waals surface area contributed by atoms with E-state index in [1.165, 1.54) is 12.8 Å². The largest absolute Gasteiger partial charge is 0.378 e. The summed E-state index contributed by atoms with van der Waals surface area (Å²) in [5.41, 5.74) is 6.22. The van der Waals surface area contributed by atoms with Gasteiger partial charge in [-0.1, -0.05) is 0 Å². The molecule has 4 nitrogen and oxygen atoms in total. The molecule has 1 heterocycles. The fourth-order valence-corrected chi connectivity index (χ4v) is 3.35. The third-order valence-corrected chi connectivity index (χ3v) is 4.77. The highest BCUT2D eigenvalue weighted by Crippen LogP contribution is 2.43. The zero-order valence-corrected chi connectivity index (χ0v) is 11.2. The molecule has 0 spiro atoms. The van der Waals surface area contributed by atoms with Gasteiger partial charge in [0.2, 0.25) is 5.91 Å². The van der Waals surface area contributed by atoms with Crippen LogP contribution in [0.15, 0.2) is 0 Å². The summed E-state index contributed by atoms with van der Waals surface area (Å²) in [5, 5.41) is 0. The van der Waals surface area contributed by atoms with Gasteiger partial charge in [0.05, 0.1) is 11.6 Å². The Morgan fingerprint density at radius 1 is 1.39 bits per heavy atom. The zero-order valence-electron chi connectivity index (χ0n) is 11.2. The van der Waals surface area contributed by atoms with Crippen LogP contribution in [-0.4, -0.2) is 42.1 Å². The van der Waals surface area contributed by atoms with Crippen LogP contribution < -0.4 is 5.73 Å². The molecule has 0 unspecified atom stereocenters. The van der Waals surface area contributed by atoms with Crippen molar-refractivity contribution >= 4 is 5.91 Å². The number of likely N-dealkylation sites (tertiary alicyclic amines) is 1. The third kappa shape index (κ3) is 2.28. The first-order valence-corrected chi connectivity index (χ1v) is 7.29. The molecule has 3 fully saturated rings. The van der Waals surface area contributed by atoms with Crippen LogP contribution in [0, 0.1) is 11.8 Å². The molecule has 0 aromatic rings. The minimum Gasteiger partial charge on any atom is -0.378 e. The van der Waals surface area contributed by atoms with Crippen LogP contribution in [0.4, 0.5) is 0 Å². The summed E-state index contributed by atoms with van der Waals surface area (Å²) in [5.74, 6) is 1.53. The smallest absolute Gasteiger partial charge is 0.222 e. The van der Waals surface area contributed by atoms with E-state index in [0.29, 0.717) is 30.3 Å². The van der Waals surface area contributed by atoms with Crippen LogP contribution in [0.1, 0.15) is 39.0 Å². The van der Waals surface area contributed by atoms with Crippen molar-refractivity contribution in [3.63, 3.8) is 0 Å². The first kappa shape index (κ1) is 12.4. The summed E-state index contributed by atoms with van der Waals surface area (Å²) in [6, 6.07) is 0. The summed E-state index contributed by atoms with van der Waals surface area (Å²) < 4.78 is 5.52. The Bertz CT molecular complexity index is 329. The Morgan fingerprint density at radius 3 is 2.61 bits per heavy atom. The maximum atomic E-state index is 12.1. The highest BCUT2D eigenvalue weighted by molar-refractivity contribution is 5.78. The molecular weight excluding hydrogens is 228 g/mol. The van der Waals surface area contributed by atoms with Crippen LogP contribution in [0.3, 0.4) is 0 Å². The highest BCUT2D eigenvalue weighted by Gasteiger charge is 2.51. The quantitative estimate of drug-likeness (QED) is 0.798. The molecule has 3 aliphatic rings. The van der Waals surface area contributed by atoms with Crippen LogP contribution in [0.5, 0.6) is 0 Å². The van der Waals surface area contributed by atoms with E-state index in [4.69, 9.17) is 10.5 Å². The van der Waals surface area contributed by atoms with Crippen molar-refractivity contribution in [1.29, 1.82) is 0 Å². The number of nitrogens with two attached hydrogens (primary N) is 1. The fraction of sp³-hybridized carbons (Fsp3) is 0.929. The number of rotatable bonds is 5. The molecule has 2 N–H and O–H groups in total. The average molecular weight is 252 g/mol. The molecule has 1 aliphatic heterocycles. The topological polar surface area (TPSA) is 55.6 Å². The van der Waals surface area contributed by atoms with Gasteiger partial charge in [0.1, 0.15) is 0 Å². The molecule has 0 atom stereocenters. The van der Waals surface area contributed by atoms with E-state index in [2.05, 4.69) is 0 Å². The second-order valence-electron chi connectivity index (χ2n) is 6.38. The number of ether oxygens (including phenoxy) is 1. The first-order chi connectivity index (χ1) is 8.60. The molecule has 0 aromatic heterocycles. The van der Waals surface area contributed by atoms with Crippen LogP contribution >= 0.6 is 0 Å². The molecule has 102 valence electrons. The van der Waals surface area contributed by atoms with Gasteiger partial charge in [0, 0.05) is 26.1 Å². The lowest BCUT2D eigenvalue weighted by atomic mass is 9.78. The van der Waals surface area contributed by atoms with Gasteiger partial charge in [-0.05, 0) is 44.4 Å². The predicted molar refractivity (Wildman–Crippen MR) is 69.0 cm³/mol. The van der Waals surface area contributed by atoms with Gasteiger partial charge in [-0.3, -0.25) is 4.79 Å². The Labute approximate surface area is 109 Å². The molecule has 18 heavy (non-hydrogen) atoms. The minimum absolute atomic E-state index is 0.0386. The van der Waals surface area contributed by atoms with Crippen molar-refractivity contribution in [3.8, 4) is 0 Å². The Kier molecular flexibility index (Phi) is 3.10. The Balaban J connectivity index is 1.36. The van der Waals surface area contributed by atoms with E-state index in [9.17, 15) is 4.79 Å². The van der Waals surface area contributed by atoms with Gasteiger partial charge in [-0.2, -0.15) is 0 Å². The summed E-state index contributed by atoms with van der Waals surface area (Å²) >= 11 is 0. The molecule has 2 aliphatic carbocycles. The van der Waals surface area contributed by atoms with Gasteiger partial charge in [0.15, 0.2) is 0 Å². The molecule has 2 saturated carbocycles. The second kappa shape index (κ2) is 4.49. The third-order valence-electron chi connectivity index (χ3n) is 4.77. The minimum atomic E-state index is -0.0386. The van der Waals surface area contributed by atoms with E-state index in [-0.39, 0.29) is 5.54 Å². The van der Waals surface area contributed by atoms with E-state index in [1.54, 1.807) is 0 Å². The molecule has 4 heteroatoms. The van der Waals surface area contributed by atoms with Gasteiger partial charge >= 0.3 is 0 Å². The van der Waals surface area contributed by atoms with Crippen LogP contribution in [0.25, 0.3) is 0 Å². The van der Waals surface area contributed by atoms with E-state index in [1.807, 2.05) is 11.8 Å². The maximum absolute atomic E-state index is 12.1. The van der Waals surface area contributed by atoms with E-state index < -0.39 is 0 Å². The fourth-order valence-electron chi connectivity index (χ4n) is 3.35. The lowest BCUT2D eigenvalue weighted by molar-refractivity contribution is -0.142. The molecular formula is C14H24N2O2. The second-order valence-corrected chi connectivity index (χ2v) is 6.38. The molecule has 0 bridgehead atoms. The lowest BCUT2D eigenvalue weighted by Crippen LogP contribution is -2.70. The summed E-state index contributed by atoms with van der Waals surface area (Å²) in [4.78, 5) is 14.0. The predicted octanol–water partition coefficient (Wildman–Crippen LogP) is 1.14. The maximum Gasteiger partial charge on any atom is 0.222 e. The molecule has 0 radical (unpaired) electrons. The van der Waals surface area contributed by atoms with Crippen molar-refractivity contribution in [1.82, 2.24) is 4.90 Å². The lowest BCUT2D eigenvalue weighted by Gasteiger charge is -2.49. The normalized spacial score (nSPS) is 33.8. The number of carbonyl (C=O) groups is 1. The number of carbonyl (C=O) groups excluding carboxylic acids is 1. The van der Waals surface area contributed by atoms with Gasteiger partial charge in [-0.15, -0.1) is 0 Å². The Morgan fingerprint density at radius 2 is 2.06 bits per heavy atom.